The van der Waals surface area contributed by atoms with Gasteiger partial charge in [-0.1, -0.05) is 48.0 Å². The predicted molar refractivity (Wildman–Crippen MR) is 122 cm³/mol. The molecule has 2 aliphatic heterocycles. The number of nitrogens with one attached hydrogen (secondary N) is 1. The van der Waals surface area contributed by atoms with Crippen molar-refractivity contribution in [3.05, 3.63) is 71.4 Å². The smallest absolute Gasteiger partial charge is 0.409 e. The van der Waals surface area contributed by atoms with E-state index in [1.54, 1.807) is 11.8 Å². The first kappa shape index (κ1) is 21.6. The van der Waals surface area contributed by atoms with Gasteiger partial charge < -0.3 is 15.0 Å². The van der Waals surface area contributed by atoms with Crippen molar-refractivity contribution in [3.8, 4) is 0 Å². The van der Waals surface area contributed by atoms with Crippen LogP contribution in [0.5, 0.6) is 0 Å². The van der Waals surface area contributed by atoms with Crippen LogP contribution in [0, 0.1) is 6.92 Å². The van der Waals surface area contributed by atoms with Crippen molar-refractivity contribution < 1.29 is 19.1 Å². The van der Waals surface area contributed by atoms with Crippen LogP contribution < -0.4 is 5.32 Å². The van der Waals surface area contributed by atoms with Gasteiger partial charge >= 0.3 is 6.09 Å². The molecule has 2 heterocycles. The number of hydrogen-bond donors (Lipinski definition) is 1. The van der Waals surface area contributed by atoms with Crippen molar-refractivity contribution >= 4 is 29.2 Å². The molecule has 7 nitrogen and oxygen atoms in total. The highest BCUT2D eigenvalue weighted by Gasteiger charge is 2.44. The third-order valence-corrected chi connectivity index (χ3v) is 5.85. The number of rotatable bonds is 5. The molecular formula is C25H27N3O4. The first-order valence-electron chi connectivity index (χ1n) is 10.9. The molecule has 3 amide bonds. The van der Waals surface area contributed by atoms with Gasteiger partial charge in [0.1, 0.15) is 5.70 Å². The molecule has 0 saturated carbocycles. The Hall–Kier alpha value is -3.61. The highest BCUT2D eigenvalue weighted by molar-refractivity contribution is 6.36. The second-order valence-electron chi connectivity index (χ2n) is 8.00. The van der Waals surface area contributed by atoms with E-state index in [9.17, 15) is 14.4 Å². The van der Waals surface area contributed by atoms with Crippen LogP contribution in [-0.2, 0) is 14.3 Å². The Morgan fingerprint density at radius 1 is 1.00 bits per heavy atom. The summed E-state index contributed by atoms with van der Waals surface area (Å²) in [5.74, 6) is -0.630. The van der Waals surface area contributed by atoms with E-state index in [2.05, 4.69) is 5.32 Å². The molecule has 0 spiro atoms. The average molecular weight is 434 g/mol. The van der Waals surface area contributed by atoms with E-state index in [4.69, 9.17) is 4.74 Å². The zero-order valence-electron chi connectivity index (χ0n) is 18.3. The maximum atomic E-state index is 13.5. The molecule has 1 N–H and O–H groups in total. The SMILES string of the molecule is CCOC(=O)N1CCC(N2C(=O)C(Nc3ccc(C)cc3)=C(c3ccccc3)C2=O)CC1. The normalized spacial score (nSPS) is 17.2. The molecule has 2 aliphatic rings. The lowest BCUT2D eigenvalue weighted by Gasteiger charge is -2.35. The Labute approximate surface area is 187 Å². The molecule has 32 heavy (non-hydrogen) atoms. The molecule has 166 valence electrons. The van der Waals surface area contributed by atoms with Crippen LogP contribution in [0.25, 0.3) is 5.57 Å². The lowest BCUT2D eigenvalue weighted by molar-refractivity contribution is -0.140. The summed E-state index contributed by atoms with van der Waals surface area (Å²) >= 11 is 0. The molecule has 0 bridgehead atoms. The number of anilines is 1. The summed E-state index contributed by atoms with van der Waals surface area (Å²) in [5, 5.41) is 3.19. The first-order chi connectivity index (χ1) is 15.5. The number of likely N-dealkylation sites (tertiary alicyclic amines) is 1. The fourth-order valence-electron chi connectivity index (χ4n) is 4.17. The highest BCUT2D eigenvalue weighted by Crippen LogP contribution is 2.34. The minimum atomic E-state index is -0.352. The summed E-state index contributed by atoms with van der Waals surface area (Å²) in [6.45, 7) is 4.98. The molecule has 0 aliphatic carbocycles. The quantitative estimate of drug-likeness (QED) is 0.726. The number of nitrogens with zero attached hydrogens (tertiary/aromatic N) is 2. The molecule has 0 atom stereocenters. The van der Waals surface area contributed by atoms with Gasteiger partial charge in [-0.05, 0) is 44.4 Å². The summed E-state index contributed by atoms with van der Waals surface area (Å²) < 4.78 is 5.07. The van der Waals surface area contributed by atoms with E-state index in [1.165, 1.54) is 4.90 Å². The number of hydrogen-bond acceptors (Lipinski definition) is 5. The summed E-state index contributed by atoms with van der Waals surface area (Å²) in [4.78, 5) is 42.0. The van der Waals surface area contributed by atoms with Gasteiger partial charge in [-0.25, -0.2) is 4.79 Å². The Morgan fingerprint density at radius 2 is 1.66 bits per heavy atom. The van der Waals surface area contributed by atoms with Crippen LogP contribution in [0.1, 0.15) is 30.9 Å². The predicted octanol–water partition coefficient (Wildman–Crippen LogP) is 3.81. The number of benzene rings is 2. The van der Waals surface area contributed by atoms with Gasteiger partial charge in [0.15, 0.2) is 0 Å². The Morgan fingerprint density at radius 3 is 2.28 bits per heavy atom. The molecule has 2 aromatic rings. The zero-order valence-corrected chi connectivity index (χ0v) is 18.3. The van der Waals surface area contributed by atoms with Crippen molar-refractivity contribution in [1.29, 1.82) is 0 Å². The molecular weight excluding hydrogens is 406 g/mol. The second kappa shape index (κ2) is 9.26. The van der Waals surface area contributed by atoms with Crippen molar-refractivity contribution in [1.82, 2.24) is 9.80 Å². The molecule has 1 saturated heterocycles. The van der Waals surface area contributed by atoms with Crippen molar-refractivity contribution in [2.75, 3.05) is 25.0 Å². The van der Waals surface area contributed by atoms with Crippen molar-refractivity contribution in [2.45, 2.75) is 32.7 Å². The summed E-state index contributed by atoms with van der Waals surface area (Å²) in [6, 6.07) is 16.7. The van der Waals surface area contributed by atoms with E-state index < -0.39 is 0 Å². The van der Waals surface area contributed by atoms with Crippen LogP contribution in [0.3, 0.4) is 0 Å². The maximum absolute atomic E-state index is 13.5. The lowest BCUT2D eigenvalue weighted by atomic mass is 10.0. The van der Waals surface area contributed by atoms with Gasteiger partial charge in [0, 0.05) is 24.8 Å². The minimum absolute atomic E-state index is 0.267. The largest absolute Gasteiger partial charge is 0.450 e. The average Bonchev–Trinajstić information content (AvgIpc) is 3.05. The molecule has 0 radical (unpaired) electrons. The van der Waals surface area contributed by atoms with Crippen LogP contribution >= 0.6 is 0 Å². The standard InChI is InChI=1S/C25H27N3O4/c1-3-32-25(31)27-15-13-20(14-16-27)28-23(29)21(18-7-5-4-6-8-18)22(24(28)30)26-19-11-9-17(2)10-12-19/h4-12,20,26H,3,13-16H2,1-2H3. The molecule has 7 heteroatoms. The Bertz CT molecular complexity index is 1040. The van der Waals surface area contributed by atoms with E-state index in [1.807, 2.05) is 61.5 Å². The Balaban J connectivity index is 1.60. The van der Waals surface area contributed by atoms with Crippen LogP contribution in [0.15, 0.2) is 60.3 Å². The van der Waals surface area contributed by atoms with Gasteiger partial charge in [-0.2, -0.15) is 0 Å². The number of carbonyl (C=O) groups is 3. The van der Waals surface area contributed by atoms with Gasteiger partial charge in [-0.15, -0.1) is 0 Å². The number of ether oxygens (including phenoxy) is 1. The molecule has 1 fully saturated rings. The highest BCUT2D eigenvalue weighted by atomic mass is 16.6. The maximum Gasteiger partial charge on any atom is 0.409 e. The topological polar surface area (TPSA) is 79.0 Å². The monoisotopic (exact) mass is 433 g/mol. The van der Waals surface area contributed by atoms with Crippen LogP contribution in [-0.4, -0.2) is 53.4 Å². The van der Waals surface area contributed by atoms with Gasteiger partial charge in [0.2, 0.25) is 0 Å². The third kappa shape index (κ3) is 4.23. The zero-order chi connectivity index (χ0) is 22.7. The lowest BCUT2D eigenvalue weighted by Crippen LogP contribution is -2.49. The Kier molecular flexibility index (Phi) is 6.25. The minimum Gasteiger partial charge on any atom is -0.450 e. The number of piperidine rings is 1. The number of amides is 3. The van der Waals surface area contributed by atoms with Gasteiger partial charge in [0.05, 0.1) is 12.2 Å². The molecule has 4 rings (SSSR count). The number of imide groups is 1. The van der Waals surface area contributed by atoms with E-state index in [0.29, 0.717) is 43.7 Å². The van der Waals surface area contributed by atoms with Crippen molar-refractivity contribution in [3.63, 3.8) is 0 Å². The third-order valence-electron chi connectivity index (χ3n) is 5.85. The van der Waals surface area contributed by atoms with Crippen LogP contribution in [0.2, 0.25) is 0 Å². The molecule has 2 aromatic carbocycles. The first-order valence-corrected chi connectivity index (χ1v) is 10.9. The number of carbonyl (C=O) groups excluding carboxylic acids is 3. The van der Waals surface area contributed by atoms with E-state index in [0.717, 1.165) is 11.3 Å². The molecule has 0 aromatic heterocycles. The van der Waals surface area contributed by atoms with Crippen LogP contribution in [0.4, 0.5) is 10.5 Å². The second-order valence-corrected chi connectivity index (χ2v) is 8.00. The fraction of sp³-hybridized carbons (Fsp3) is 0.320. The summed E-state index contributed by atoms with van der Waals surface area (Å²) in [5.41, 5.74) is 3.23. The van der Waals surface area contributed by atoms with Crippen molar-refractivity contribution in [2.24, 2.45) is 0 Å². The summed E-state index contributed by atoms with van der Waals surface area (Å²) in [7, 11) is 0. The summed E-state index contributed by atoms with van der Waals surface area (Å²) in [6.07, 6.45) is 0.696. The number of aryl methyl sites for hydroxylation is 1. The fourth-order valence-corrected chi connectivity index (χ4v) is 4.17. The van der Waals surface area contributed by atoms with Gasteiger partial charge in [0.25, 0.3) is 11.8 Å². The molecule has 0 unspecified atom stereocenters. The van der Waals surface area contributed by atoms with E-state index in [-0.39, 0.29) is 29.6 Å². The van der Waals surface area contributed by atoms with E-state index >= 15 is 0 Å². The van der Waals surface area contributed by atoms with Gasteiger partial charge in [-0.3, -0.25) is 14.5 Å².